The number of hydrogen-bond acceptors (Lipinski definition) is 3. The third kappa shape index (κ3) is 4.34. The van der Waals surface area contributed by atoms with Crippen LogP contribution < -0.4 is 5.32 Å². The van der Waals surface area contributed by atoms with E-state index >= 15 is 0 Å². The van der Waals surface area contributed by atoms with Crippen molar-refractivity contribution in [2.75, 3.05) is 19.6 Å². The van der Waals surface area contributed by atoms with Crippen LogP contribution in [0.2, 0.25) is 0 Å². The first-order chi connectivity index (χ1) is 7.69. The fraction of sp³-hybridized carbons (Fsp3) is 0.833. The summed E-state index contributed by atoms with van der Waals surface area (Å²) in [6.07, 6.45) is 0. The van der Waals surface area contributed by atoms with Gasteiger partial charge in [0.2, 0.25) is 5.91 Å². The molecule has 1 aliphatic heterocycles. The fourth-order valence-corrected chi connectivity index (χ4v) is 2.18. The summed E-state index contributed by atoms with van der Waals surface area (Å²) in [5.41, 5.74) is -0.241. The Kier molecular flexibility index (Phi) is 4.14. The Hall–Kier alpha value is -1.10. The lowest BCUT2D eigenvalue weighted by molar-refractivity contribution is -0.142. The summed E-state index contributed by atoms with van der Waals surface area (Å²) in [4.78, 5) is 24.5. The monoisotopic (exact) mass is 242 g/mol. The average molecular weight is 242 g/mol. The Labute approximate surface area is 102 Å². The number of carboxylic acids is 1. The van der Waals surface area contributed by atoms with Crippen molar-refractivity contribution in [2.45, 2.75) is 33.2 Å². The number of nitrogens with zero attached hydrogens (tertiary/aromatic N) is 1. The lowest BCUT2D eigenvalue weighted by Crippen LogP contribution is -2.45. The zero-order valence-electron chi connectivity index (χ0n) is 11.0. The molecule has 0 spiro atoms. The van der Waals surface area contributed by atoms with Gasteiger partial charge in [-0.05, 0) is 26.7 Å². The Balaban J connectivity index is 2.45. The summed E-state index contributed by atoms with van der Waals surface area (Å²) < 4.78 is 0. The van der Waals surface area contributed by atoms with Gasteiger partial charge in [-0.25, -0.2) is 0 Å². The van der Waals surface area contributed by atoms with E-state index in [1.165, 1.54) is 0 Å². The molecule has 0 aromatic rings. The molecular formula is C12H22N2O3. The van der Waals surface area contributed by atoms with E-state index in [0.29, 0.717) is 13.1 Å². The van der Waals surface area contributed by atoms with E-state index in [-0.39, 0.29) is 29.8 Å². The predicted molar refractivity (Wildman–Crippen MR) is 64.6 cm³/mol. The maximum Gasteiger partial charge on any atom is 0.308 e. The van der Waals surface area contributed by atoms with Crippen LogP contribution in [-0.2, 0) is 9.59 Å². The van der Waals surface area contributed by atoms with Gasteiger partial charge in [0, 0.05) is 18.6 Å². The molecule has 0 aromatic heterocycles. The molecule has 1 rings (SSSR count). The van der Waals surface area contributed by atoms with Gasteiger partial charge in [0.25, 0.3) is 0 Å². The highest BCUT2D eigenvalue weighted by atomic mass is 16.4. The number of hydrogen-bond donors (Lipinski definition) is 2. The van der Waals surface area contributed by atoms with E-state index in [0.717, 1.165) is 0 Å². The number of nitrogens with one attached hydrogen (secondary N) is 1. The summed E-state index contributed by atoms with van der Waals surface area (Å²) in [6.45, 7) is 9.13. The van der Waals surface area contributed by atoms with Crippen molar-refractivity contribution in [1.82, 2.24) is 10.2 Å². The molecule has 1 heterocycles. The number of amides is 1. The standard InChI is InChI=1S/C12H22N2O3/c1-8-5-14(6-9(8)11(16)17)7-10(15)13-12(2,3)4/h8-9H,5-7H2,1-4H3,(H,13,15)(H,16,17)/t8-,9-/m1/s1. The maximum absolute atomic E-state index is 11.7. The van der Waals surface area contributed by atoms with Crippen LogP contribution >= 0.6 is 0 Å². The molecule has 0 unspecified atom stereocenters. The average Bonchev–Trinajstić information content (AvgIpc) is 2.42. The second kappa shape index (κ2) is 5.04. The van der Waals surface area contributed by atoms with Crippen LogP contribution in [0, 0.1) is 11.8 Å². The van der Waals surface area contributed by atoms with E-state index in [2.05, 4.69) is 5.32 Å². The van der Waals surface area contributed by atoms with Crippen LogP contribution in [0.1, 0.15) is 27.7 Å². The molecule has 0 aliphatic carbocycles. The van der Waals surface area contributed by atoms with Crippen LogP contribution in [0.15, 0.2) is 0 Å². The second-order valence-corrected chi connectivity index (χ2v) is 5.91. The van der Waals surface area contributed by atoms with Gasteiger partial charge in [0.1, 0.15) is 0 Å². The van der Waals surface area contributed by atoms with Crippen molar-refractivity contribution in [3.63, 3.8) is 0 Å². The molecule has 2 atom stereocenters. The van der Waals surface area contributed by atoms with Gasteiger partial charge in [0.15, 0.2) is 0 Å². The second-order valence-electron chi connectivity index (χ2n) is 5.91. The van der Waals surface area contributed by atoms with Crippen molar-refractivity contribution in [3.05, 3.63) is 0 Å². The van der Waals surface area contributed by atoms with Gasteiger partial charge >= 0.3 is 5.97 Å². The molecule has 98 valence electrons. The molecular weight excluding hydrogens is 220 g/mol. The Bertz CT molecular complexity index is 309. The van der Waals surface area contributed by atoms with Crippen LogP contribution in [0.4, 0.5) is 0 Å². The minimum Gasteiger partial charge on any atom is -0.481 e. The third-order valence-corrected chi connectivity index (χ3v) is 2.89. The molecule has 17 heavy (non-hydrogen) atoms. The normalized spacial score (nSPS) is 25.9. The van der Waals surface area contributed by atoms with Crippen LogP contribution in [0.25, 0.3) is 0 Å². The molecule has 5 nitrogen and oxygen atoms in total. The van der Waals surface area contributed by atoms with Crippen LogP contribution in [0.3, 0.4) is 0 Å². The minimum absolute atomic E-state index is 0.0456. The zero-order chi connectivity index (χ0) is 13.2. The molecule has 1 saturated heterocycles. The van der Waals surface area contributed by atoms with Crippen molar-refractivity contribution < 1.29 is 14.7 Å². The van der Waals surface area contributed by atoms with Crippen molar-refractivity contribution in [1.29, 1.82) is 0 Å². The van der Waals surface area contributed by atoms with E-state index < -0.39 is 5.97 Å². The number of rotatable bonds is 3. The first-order valence-electron chi connectivity index (χ1n) is 5.95. The van der Waals surface area contributed by atoms with Crippen LogP contribution in [-0.4, -0.2) is 47.1 Å². The summed E-state index contributed by atoms with van der Waals surface area (Å²) in [5.74, 6) is -1.06. The summed E-state index contributed by atoms with van der Waals surface area (Å²) in [7, 11) is 0. The van der Waals surface area contributed by atoms with Crippen LogP contribution in [0.5, 0.6) is 0 Å². The Morgan fingerprint density at radius 3 is 2.35 bits per heavy atom. The van der Waals surface area contributed by atoms with Crippen molar-refractivity contribution in [2.24, 2.45) is 11.8 Å². The predicted octanol–water partition coefficient (Wildman–Crippen LogP) is 0.554. The van der Waals surface area contributed by atoms with E-state index in [1.807, 2.05) is 32.6 Å². The summed E-state index contributed by atoms with van der Waals surface area (Å²) in [6, 6.07) is 0. The number of carbonyl (C=O) groups is 2. The van der Waals surface area contributed by atoms with Crippen molar-refractivity contribution >= 4 is 11.9 Å². The van der Waals surface area contributed by atoms with Gasteiger partial charge < -0.3 is 10.4 Å². The fourth-order valence-electron chi connectivity index (χ4n) is 2.18. The number of aliphatic carboxylic acids is 1. The van der Waals surface area contributed by atoms with Gasteiger partial charge in [-0.15, -0.1) is 0 Å². The number of carboxylic acid groups (broad SMARTS) is 1. The quantitative estimate of drug-likeness (QED) is 0.758. The van der Waals surface area contributed by atoms with Gasteiger partial charge in [-0.1, -0.05) is 6.92 Å². The molecule has 5 heteroatoms. The molecule has 0 aromatic carbocycles. The van der Waals surface area contributed by atoms with E-state index in [9.17, 15) is 9.59 Å². The molecule has 0 saturated carbocycles. The highest BCUT2D eigenvalue weighted by molar-refractivity contribution is 5.79. The van der Waals surface area contributed by atoms with Gasteiger partial charge in [-0.3, -0.25) is 14.5 Å². The lowest BCUT2D eigenvalue weighted by atomic mass is 9.99. The first-order valence-corrected chi connectivity index (χ1v) is 5.95. The highest BCUT2D eigenvalue weighted by Gasteiger charge is 2.35. The summed E-state index contributed by atoms with van der Waals surface area (Å²) >= 11 is 0. The maximum atomic E-state index is 11.7. The molecule has 2 N–H and O–H groups in total. The zero-order valence-corrected chi connectivity index (χ0v) is 11.0. The topological polar surface area (TPSA) is 69.6 Å². The smallest absolute Gasteiger partial charge is 0.308 e. The Morgan fingerprint density at radius 1 is 1.35 bits per heavy atom. The Morgan fingerprint density at radius 2 is 1.94 bits per heavy atom. The minimum atomic E-state index is -0.767. The largest absolute Gasteiger partial charge is 0.481 e. The number of likely N-dealkylation sites (tertiary alicyclic amines) is 1. The number of carbonyl (C=O) groups excluding carboxylic acids is 1. The van der Waals surface area contributed by atoms with Crippen molar-refractivity contribution in [3.8, 4) is 0 Å². The highest BCUT2D eigenvalue weighted by Crippen LogP contribution is 2.22. The first kappa shape index (κ1) is 14.0. The summed E-state index contributed by atoms with van der Waals surface area (Å²) in [5, 5.41) is 11.9. The molecule has 1 aliphatic rings. The lowest BCUT2D eigenvalue weighted by Gasteiger charge is -2.23. The molecule has 1 fully saturated rings. The molecule has 0 radical (unpaired) electrons. The van der Waals surface area contributed by atoms with Gasteiger partial charge in [-0.2, -0.15) is 0 Å². The third-order valence-electron chi connectivity index (χ3n) is 2.89. The molecule has 0 bridgehead atoms. The van der Waals surface area contributed by atoms with E-state index in [1.54, 1.807) is 0 Å². The SMILES string of the molecule is C[C@@H]1CN(CC(=O)NC(C)(C)C)C[C@H]1C(=O)O. The molecule has 1 amide bonds. The van der Waals surface area contributed by atoms with E-state index in [4.69, 9.17) is 5.11 Å². The van der Waals surface area contributed by atoms with Gasteiger partial charge in [0.05, 0.1) is 12.5 Å².